The van der Waals surface area contributed by atoms with E-state index in [0.717, 1.165) is 38.5 Å². The number of carbonyl (C=O) groups is 2. The van der Waals surface area contributed by atoms with Crippen molar-refractivity contribution in [2.75, 3.05) is 5.32 Å². The average molecular weight is 527 g/mol. The number of benzene rings is 1. The zero-order valence-corrected chi connectivity index (χ0v) is 23.1. The molecule has 0 spiro atoms. The Labute approximate surface area is 226 Å². The lowest BCUT2D eigenvalue weighted by atomic mass is 9.43. The van der Waals surface area contributed by atoms with Gasteiger partial charge >= 0.3 is 0 Å². The molecule has 1 aromatic rings. The van der Waals surface area contributed by atoms with Crippen molar-refractivity contribution in [3.8, 4) is 0 Å². The summed E-state index contributed by atoms with van der Waals surface area (Å²) < 4.78 is 0. The molecule has 4 saturated carbocycles. The van der Waals surface area contributed by atoms with Crippen LogP contribution in [0.25, 0.3) is 0 Å². The number of hydrogen-bond acceptors (Lipinski definition) is 5. The van der Waals surface area contributed by atoms with Crippen LogP contribution in [0.5, 0.6) is 0 Å². The van der Waals surface area contributed by atoms with Crippen LogP contribution in [-0.4, -0.2) is 45.4 Å². The van der Waals surface area contributed by atoms with Gasteiger partial charge in [-0.15, -0.1) is 0 Å². The second-order valence-electron chi connectivity index (χ2n) is 13.5. The zero-order chi connectivity index (χ0) is 27.4. The number of anilines is 1. The number of hydrogen-bond donors (Lipinski definition) is 5. The lowest BCUT2D eigenvalue weighted by molar-refractivity contribution is -0.207. The number of carbonyl (C=O) groups excluding carboxylic acids is 2. The van der Waals surface area contributed by atoms with Crippen molar-refractivity contribution in [2.45, 2.75) is 96.9 Å². The molecule has 0 aromatic heterocycles. The summed E-state index contributed by atoms with van der Waals surface area (Å²) >= 11 is 0. The van der Waals surface area contributed by atoms with Crippen molar-refractivity contribution in [3.05, 3.63) is 29.8 Å². The average Bonchev–Trinajstić information content (AvgIpc) is 3.23. The minimum atomic E-state index is -0.571. The van der Waals surface area contributed by atoms with Crippen molar-refractivity contribution in [3.63, 3.8) is 0 Å². The van der Waals surface area contributed by atoms with Crippen LogP contribution in [0.1, 0.15) is 88.9 Å². The highest BCUT2D eigenvalue weighted by atomic mass is 16.3. The molecule has 4 fully saturated rings. The third-order valence-corrected chi connectivity index (χ3v) is 11.8. The first kappa shape index (κ1) is 27.6. The SMILES string of the molecule is C[C@H](CCC(=O)Nc1ccccc1C(N)=O)[C@H]1CCC2C3C(C[C@H](O)[C@@]21C)[C@@]1(C)CC[C@@H](O)CC1C[C@H]3O. The predicted octanol–water partition coefficient (Wildman–Crippen LogP) is 4.10. The van der Waals surface area contributed by atoms with Crippen LogP contribution in [0.3, 0.4) is 0 Å². The summed E-state index contributed by atoms with van der Waals surface area (Å²) in [5.41, 5.74) is 5.97. The molecular formula is C31H46N2O5. The minimum Gasteiger partial charge on any atom is -0.393 e. The van der Waals surface area contributed by atoms with Gasteiger partial charge in [0.1, 0.15) is 0 Å². The molecule has 210 valence electrons. The number of primary amides is 1. The van der Waals surface area contributed by atoms with Crippen LogP contribution in [-0.2, 0) is 4.79 Å². The number of aliphatic hydroxyl groups excluding tert-OH is 3. The Bertz CT molecular complexity index is 1060. The van der Waals surface area contributed by atoms with Gasteiger partial charge in [0.25, 0.3) is 5.91 Å². The number of amides is 2. The van der Waals surface area contributed by atoms with Gasteiger partial charge < -0.3 is 26.4 Å². The van der Waals surface area contributed by atoms with E-state index in [1.807, 2.05) is 0 Å². The highest BCUT2D eigenvalue weighted by Gasteiger charge is 2.65. The molecule has 1 aromatic carbocycles. The van der Waals surface area contributed by atoms with Crippen LogP contribution < -0.4 is 11.1 Å². The molecule has 7 nitrogen and oxygen atoms in total. The van der Waals surface area contributed by atoms with Crippen molar-refractivity contribution >= 4 is 17.5 Å². The Balaban J connectivity index is 1.27. The first-order valence-corrected chi connectivity index (χ1v) is 14.7. The predicted molar refractivity (Wildman–Crippen MR) is 146 cm³/mol. The van der Waals surface area contributed by atoms with E-state index >= 15 is 0 Å². The van der Waals surface area contributed by atoms with Crippen molar-refractivity contribution in [1.29, 1.82) is 0 Å². The fourth-order valence-corrected chi connectivity index (χ4v) is 9.71. The van der Waals surface area contributed by atoms with Gasteiger partial charge in [-0.2, -0.15) is 0 Å². The maximum Gasteiger partial charge on any atom is 0.250 e. The van der Waals surface area contributed by atoms with Gasteiger partial charge in [0.15, 0.2) is 0 Å². The maximum atomic E-state index is 12.8. The number of nitrogens with one attached hydrogen (secondary N) is 1. The summed E-state index contributed by atoms with van der Waals surface area (Å²) in [4.78, 5) is 24.5. The standard InChI is InChI=1S/C31H46N2O5/c1-17(8-11-27(37)33-24-7-5-4-6-20(24)29(32)38)21-9-10-22-28-23(16-26(36)31(21,22)3)30(2)13-12-19(34)14-18(30)15-25(28)35/h4-7,17-19,21-23,25-26,28,34-36H,8-16H2,1-3H3,(H2,32,38)(H,33,37)/t17-,18?,19-,21-,22?,23?,25-,26+,28?,30+,31-/m1/s1. The molecule has 0 radical (unpaired) electrons. The molecule has 7 heteroatoms. The number of rotatable bonds is 6. The Morgan fingerprint density at radius 2 is 1.79 bits per heavy atom. The Hall–Kier alpha value is -1.96. The van der Waals surface area contributed by atoms with Crippen LogP contribution >= 0.6 is 0 Å². The summed E-state index contributed by atoms with van der Waals surface area (Å²) in [6.45, 7) is 6.78. The molecule has 4 aliphatic carbocycles. The van der Waals surface area contributed by atoms with Crippen LogP contribution in [0.2, 0.25) is 0 Å². The second-order valence-corrected chi connectivity index (χ2v) is 13.5. The maximum absolute atomic E-state index is 12.8. The molecule has 4 unspecified atom stereocenters. The highest BCUT2D eigenvalue weighted by molar-refractivity contribution is 6.02. The van der Waals surface area contributed by atoms with Crippen molar-refractivity contribution in [2.24, 2.45) is 52.1 Å². The Kier molecular flexibility index (Phi) is 7.42. The van der Waals surface area contributed by atoms with Gasteiger partial charge in [-0.25, -0.2) is 0 Å². The molecule has 5 rings (SSSR count). The largest absolute Gasteiger partial charge is 0.393 e. The topological polar surface area (TPSA) is 133 Å². The fraction of sp³-hybridized carbons (Fsp3) is 0.742. The van der Waals surface area contributed by atoms with Gasteiger partial charge in [0.2, 0.25) is 5.91 Å². The molecular weight excluding hydrogens is 480 g/mol. The van der Waals surface area contributed by atoms with E-state index in [0.29, 0.717) is 36.4 Å². The monoisotopic (exact) mass is 526 g/mol. The first-order valence-electron chi connectivity index (χ1n) is 14.7. The molecule has 6 N–H and O–H groups in total. The van der Waals surface area contributed by atoms with E-state index in [4.69, 9.17) is 5.73 Å². The van der Waals surface area contributed by atoms with Gasteiger partial charge in [0.05, 0.1) is 29.6 Å². The van der Waals surface area contributed by atoms with E-state index in [1.54, 1.807) is 24.3 Å². The first-order chi connectivity index (χ1) is 18.0. The number of nitrogens with two attached hydrogens (primary N) is 1. The summed E-state index contributed by atoms with van der Waals surface area (Å²) in [6.07, 6.45) is 5.96. The van der Waals surface area contributed by atoms with E-state index in [-0.39, 0.29) is 58.5 Å². The summed E-state index contributed by atoms with van der Waals surface area (Å²) in [5.74, 6) is 0.844. The van der Waals surface area contributed by atoms with Crippen molar-refractivity contribution < 1.29 is 24.9 Å². The normalized spacial score (nSPS) is 42.9. The summed E-state index contributed by atoms with van der Waals surface area (Å²) in [7, 11) is 0. The third kappa shape index (κ3) is 4.48. The smallest absolute Gasteiger partial charge is 0.250 e. The molecule has 0 saturated heterocycles. The molecule has 2 amide bonds. The molecule has 38 heavy (non-hydrogen) atoms. The van der Waals surface area contributed by atoms with Crippen LogP contribution in [0.4, 0.5) is 5.69 Å². The van der Waals surface area contributed by atoms with Gasteiger partial charge in [0, 0.05) is 6.42 Å². The number of aliphatic hydroxyl groups is 3. The Morgan fingerprint density at radius 1 is 1.05 bits per heavy atom. The van der Waals surface area contributed by atoms with E-state index < -0.39 is 12.0 Å². The summed E-state index contributed by atoms with van der Waals surface area (Å²) in [6, 6.07) is 6.78. The number of fused-ring (bicyclic) bond motifs is 5. The number of para-hydroxylation sites is 1. The molecule has 0 heterocycles. The zero-order valence-electron chi connectivity index (χ0n) is 23.1. The van der Waals surface area contributed by atoms with Crippen LogP contribution in [0.15, 0.2) is 24.3 Å². The van der Waals surface area contributed by atoms with Gasteiger partial charge in [-0.3, -0.25) is 9.59 Å². The van der Waals surface area contributed by atoms with E-state index in [2.05, 4.69) is 26.1 Å². The highest BCUT2D eigenvalue weighted by Crippen LogP contribution is 2.68. The van der Waals surface area contributed by atoms with E-state index in [1.165, 1.54) is 0 Å². The lowest BCUT2D eigenvalue weighted by Gasteiger charge is -2.63. The van der Waals surface area contributed by atoms with Crippen molar-refractivity contribution in [1.82, 2.24) is 0 Å². The lowest BCUT2D eigenvalue weighted by Crippen LogP contribution is -2.62. The van der Waals surface area contributed by atoms with Gasteiger partial charge in [-0.05, 0) is 110 Å². The van der Waals surface area contributed by atoms with Gasteiger partial charge in [-0.1, -0.05) is 32.9 Å². The minimum absolute atomic E-state index is 0.0639. The quantitative estimate of drug-likeness (QED) is 0.381. The third-order valence-electron chi connectivity index (χ3n) is 11.8. The molecule has 0 bridgehead atoms. The molecule has 0 aliphatic heterocycles. The summed E-state index contributed by atoms with van der Waals surface area (Å²) in [5, 5.41) is 36.3. The van der Waals surface area contributed by atoms with Crippen LogP contribution in [0, 0.1) is 46.3 Å². The second kappa shape index (κ2) is 10.2. The molecule has 4 aliphatic rings. The van der Waals surface area contributed by atoms with E-state index in [9.17, 15) is 24.9 Å². The molecule has 11 atom stereocenters. The Morgan fingerprint density at radius 3 is 2.53 bits per heavy atom. The fourth-order valence-electron chi connectivity index (χ4n) is 9.71.